The Morgan fingerprint density at radius 3 is 2.72 bits per heavy atom. The lowest BCUT2D eigenvalue weighted by molar-refractivity contribution is 0.118. The molecule has 1 aromatic heterocycles. The molecule has 0 amide bonds. The third-order valence-electron chi connectivity index (χ3n) is 6.02. The number of hydrogen-bond donors (Lipinski definition) is 0. The number of nitrogens with zero attached hydrogens (tertiary/aromatic N) is 3. The van der Waals surface area contributed by atoms with E-state index in [0.717, 1.165) is 24.7 Å². The first-order chi connectivity index (χ1) is 12.1. The van der Waals surface area contributed by atoms with E-state index >= 15 is 0 Å². The number of piperidine rings is 1. The number of halogens is 1. The number of likely N-dealkylation sites (N-methyl/N-ethyl adjacent to an activating group) is 2. The first-order valence-corrected chi connectivity index (χ1v) is 9.56. The highest BCUT2D eigenvalue weighted by molar-refractivity contribution is 6.30. The summed E-state index contributed by atoms with van der Waals surface area (Å²) in [4.78, 5) is 9.36. The minimum absolute atomic E-state index is 0.553. The Balaban J connectivity index is 1.61. The van der Waals surface area contributed by atoms with Gasteiger partial charge in [-0.15, -0.1) is 0 Å². The van der Waals surface area contributed by atoms with Crippen molar-refractivity contribution in [3.05, 3.63) is 64.4 Å². The summed E-state index contributed by atoms with van der Waals surface area (Å²) < 4.78 is 0. The third kappa shape index (κ3) is 3.46. The topological polar surface area (TPSA) is 19.4 Å². The van der Waals surface area contributed by atoms with Crippen LogP contribution in [0.25, 0.3) is 0 Å². The van der Waals surface area contributed by atoms with Gasteiger partial charge in [0.1, 0.15) is 0 Å². The van der Waals surface area contributed by atoms with Crippen molar-refractivity contribution in [2.45, 2.75) is 37.3 Å². The second-order valence-electron chi connectivity index (χ2n) is 7.70. The van der Waals surface area contributed by atoms with Gasteiger partial charge < -0.3 is 9.80 Å². The molecule has 1 saturated heterocycles. The first-order valence-electron chi connectivity index (χ1n) is 9.19. The minimum Gasteiger partial charge on any atom is -0.303 e. The van der Waals surface area contributed by atoms with E-state index in [9.17, 15) is 0 Å². The third-order valence-corrected chi connectivity index (χ3v) is 6.27. The van der Waals surface area contributed by atoms with Gasteiger partial charge in [0, 0.05) is 42.5 Å². The van der Waals surface area contributed by atoms with Gasteiger partial charge >= 0.3 is 0 Å². The molecule has 0 N–H and O–H groups in total. The molecule has 0 aliphatic carbocycles. The van der Waals surface area contributed by atoms with E-state index in [1.54, 1.807) is 0 Å². The van der Waals surface area contributed by atoms with E-state index in [1.807, 2.05) is 18.3 Å². The van der Waals surface area contributed by atoms with Crippen molar-refractivity contribution in [3.8, 4) is 0 Å². The number of fused-ring (bicyclic) bond motifs is 1. The zero-order valence-corrected chi connectivity index (χ0v) is 15.8. The number of pyridine rings is 1. The van der Waals surface area contributed by atoms with Crippen molar-refractivity contribution in [3.63, 3.8) is 0 Å². The van der Waals surface area contributed by atoms with Crippen molar-refractivity contribution in [2.75, 3.05) is 27.2 Å². The molecule has 3 heterocycles. The SMILES string of the molecule is CN1Cc2cnccc2C(C2CC(c3ccc(Cl)cc3)CCN2C)C1. The fraction of sp³-hybridized carbons (Fsp3) is 0.476. The first kappa shape index (κ1) is 17.0. The van der Waals surface area contributed by atoms with Crippen LogP contribution in [-0.4, -0.2) is 48.0 Å². The van der Waals surface area contributed by atoms with Crippen LogP contribution in [-0.2, 0) is 6.54 Å². The molecule has 2 aromatic rings. The maximum atomic E-state index is 6.08. The molecule has 132 valence electrons. The van der Waals surface area contributed by atoms with E-state index in [1.165, 1.54) is 29.5 Å². The Bertz CT molecular complexity index is 730. The average Bonchev–Trinajstić information content (AvgIpc) is 2.62. The number of aromatic nitrogens is 1. The number of benzene rings is 1. The largest absolute Gasteiger partial charge is 0.303 e. The zero-order valence-electron chi connectivity index (χ0n) is 15.0. The van der Waals surface area contributed by atoms with Crippen LogP contribution in [0.4, 0.5) is 0 Å². The molecular formula is C21H26ClN3. The van der Waals surface area contributed by atoms with Crippen molar-refractivity contribution >= 4 is 11.6 Å². The van der Waals surface area contributed by atoms with E-state index in [2.05, 4.69) is 53.3 Å². The van der Waals surface area contributed by atoms with Gasteiger partial charge in [-0.1, -0.05) is 23.7 Å². The smallest absolute Gasteiger partial charge is 0.0406 e. The van der Waals surface area contributed by atoms with Crippen LogP contribution in [0, 0.1) is 0 Å². The highest BCUT2D eigenvalue weighted by Gasteiger charge is 2.36. The van der Waals surface area contributed by atoms with E-state index in [4.69, 9.17) is 11.6 Å². The molecule has 0 radical (unpaired) electrons. The molecule has 0 bridgehead atoms. The van der Waals surface area contributed by atoms with Crippen molar-refractivity contribution in [2.24, 2.45) is 0 Å². The molecule has 0 spiro atoms. The molecule has 25 heavy (non-hydrogen) atoms. The Kier molecular flexibility index (Phi) is 4.81. The summed E-state index contributed by atoms with van der Waals surface area (Å²) in [5, 5.41) is 0.823. The second-order valence-corrected chi connectivity index (χ2v) is 8.13. The quantitative estimate of drug-likeness (QED) is 0.807. The highest BCUT2D eigenvalue weighted by atomic mass is 35.5. The summed E-state index contributed by atoms with van der Waals surface area (Å²) in [6.45, 7) is 3.29. The number of likely N-dealkylation sites (tertiary alicyclic amines) is 1. The Hall–Kier alpha value is -1.42. The zero-order chi connectivity index (χ0) is 17.4. The predicted molar refractivity (Wildman–Crippen MR) is 103 cm³/mol. The van der Waals surface area contributed by atoms with Gasteiger partial charge in [0.25, 0.3) is 0 Å². The lowest BCUT2D eigenvalue weighted by Crippen LogP contribution is -2.47. The molecular weight excluding hydrogens is 330 g/mol. The van der Waals surface area contributed by atoms with Gasteiger partial charge in [0.2, 0.25) is 0 Å². The van der Waals surface area contributed by atoms with Gasteiger partial charge in [0.05, 0.1) is 0 Å². The number of hydrogen-bond acceptors (Lipinski definition) is 3. The molecule has 2 aliphatic heterocycles. The summed E-state index contributed by atoms with van der Waals surface area (Å²) in [7, 11) is 4.51. The molecule has 2 aliphatic rings. The van der Waals surface area contributed by atoms with Gasteiger partial charge in [-0.2, -0.15) is 0 Å². The molecule has 4 heteroatoms. The van der Waals surface area contributed by atoms with Crippen LogP contribution in [0.5, 0.6) is 0 Å². The van der Waals surface area contributed by atoms with Crippen LogP contribution in [0.15, 0.2) is 42.7 Å². The molecule has 1 aromatic carbocycles. The van der Waals surface area contributed by atoms with Gasteiger partial charge in [-0.3, -0.25) is 4.98 Å². The fourth-order valence-corrected chi connectivity index (χ4v) is 4.80. The van der Waals surface area contributed by atoms with Crippen LogP contribution in [0.3, 0.4) is 0 Å². The predicted octanol–water partition coefficient (Wildman–Crippen LogP) is 4.14. The van der Waals surface area contributed by atoms with Crippen molar-refractivity contribution in [1.82, 2.24) is 14.8 Å². The lowest BCUT2D eigenvalue weighted by atomic mass is 9.76. The Morgan fingerprint density at radius 1 is 1.12 bits per heavy atom. The summed E-state index contributed by atoms with van der Waals surface area (Å²) in [6.07, 6.45) is 6.44. The monoisotopic (exact) mass is 355 g/mol. The molecule has 0 saturated carbocycles. The van der Waals surface area contributed by atoms with Crippen LogP contribution in [0.1, 0.15) is 41.4 Å². The minimum atomic E-state index is 0.553. The molecule has 3 nitrogen and oxygen atoms in total. The normalized spacial score (nSPS) is 27.9. The number of rotatable bonds is 2. The summed E-state index contributed by atoms with van der Waals surface area (Å²) in [6, 6.07) is 11.3. The molecule has 4 rings (SSSR count). The van der Waals surface area contributed by atoms with Crippen LogP contribution < -0.4 is 0 Å². The maximum absolute atomic E-state index is 6.08. The maximum Gasteiger partial charge on any atom is 0.0406 e. The molecule has 3 unspecified atom stereocenters. The fourth-order valence-electron chi connectivity index (χ4n) is 4.67. The van der Waals surface area contributed by atoms with Crippen molar-refractivity contribution < 1.29 is 0 Å². The van der Waals surface area contributed by atoms with Crippen molar-refractivity contribution in [1.29, 1.82) is 0 Å². The van der Waals surface area contributed by atoms with E-state index in [-0.39, 0.29) is 0 Å². The second kappa shape index (κ2) is 7.06. The average molecular weight is 356 g/mol. The van der Waals surface area contributed by atoms with Gasteiger partial charge in [0.15, 0.2) is 0 Å². The summed E-state index contributed by atoms with van der Waals surface area (Å²) >= 11 is 6.08. The van der Waals surface area contributed by atoms with Crippen LogP contribution in [0.2, 0.25) is 5.02 Å². The van der Waals surface area contributed by atoms with E-state index < -0.39 is 0 Å². The van der Waals surface area contributed by atoms with Crippen LogP contribution >= 0.6 is 11.6 Å². The highest BCUT2D eigenvalue weighted by Crippen LogP contribution is 2.40. The summed E-state index contributed by atoms with van der Waals surface area (Å²) in [5.74, 6) is 1.17. The van der Waals surface area contributed by atoms with E-state index in [0.29, 0.717) is 17.9 Å². The molecule has 1 fully saturated rings. The summed E-state index contributed by atoms with van der Waals surface area (Å²) in [5.41, 5.74) is 4.33. The molecule has 3 atom stereocenters. The van der Waals surface area contributed by atoms with Gasteiger partial charge in [-0.05, 0) is 74.3 Å². The van der Waals surface area contributed by atoms with Gasteiger partial charge in [-0.25, -0.2) is 0 Å². The lowest BCUT2D eigenvalue weighted by Gasteiger charge is -2.45. The standard InChI is InChI=1S/C21H26ClN3/c1-24-13-17-12-23-9-7-19(17)20(14-24)21-11-16(8-10-25(21)2)15-3-5-18(22)6-4-15/h3-7,9,12,16,20-21H,8,10-11,13-14H2,1-2H3. The Labute approximate surface area is 155 Å². The Morgan fingerprint density at radius 2 is 1.92 bits per heavy atom.